The number of halogens is 1. The number of aldehydes is 1. The first-order chi connectivity index (χ1) is 6.74. The fourth-order valence-corrected chi connectivity index (χ4v) is 1.49. The fraction of sp³-hybridized carbons (Fsp3) is 0.0909. The monoisotopic (exact) mass is 189 g/mol. The molecule has 2 aromatic rings. The number of carbonyl (C=O) groups is 1. The van der Waals surface area contributed by atoms with Gasteiger partial charge in [0.25, 0.3) is 0 Å². The number of benzene rings is 1. The summed E-state index contributed by atoms with van der Waals surface area (Å²) in [6, 6.07) is 7.17. The van der Waals surface area contributed by atoms with E-state index in [0.717, 1.165) is 5.39 Å². The third-order valence-electron chi connectivity index (χ3n) is 2.27. The van der Waals surface area contributed by atoms with Gasteiger partial charge >= 0.3 is 0 Å². The van der Waals surface area contributed by atoms with Crippen LogP contribution < -0.4 is 0 Å². The number of para-hydroxylation sites is 1. The number of pyridine rings is 1. The van der Waals surface area contributed by atoms with Crippen LogP contribution in [0.15, 0.2) is 24.3 Å². The Morgan fingerprint density at radius 3 is 2.79 bits per heavy atom. The SMILES string of the molecule is Cc1c(C=O)c(F)nc2ccccc12. The lowest BCUT2D eigenvalue weighted by molar-refractivity contribution is 0.111. The quantitative estimate of drug-likeness (QED) is 0.509. The average molecular weight is 189 g/mol. The summed E-state index contributed by atoms with van der Waals surface area (Å²) in [4.78, 5) is 14.3. The molecule has 2 nitrogen and oxygen atoms in total. The van der Waals surface area contributed by atoms with E-state index in [1.165, 1.54) is 0 Å². The van der Waals surface area contributed by atoms with Crippen molar-refractivity contribution in [2.75, 3.05) is 0 Å². The molecule has 0 bridgehead atoms. The molecule has 0 fully saturated rings. The van der Waals surface area contributed by atoms with Crippen LogP contribution in [0, 0.1) is 12.9 Å². The van der Waals surface area contributed by atoms with Crippen LogP contribution in [-0.2, 0) is 0 Å². The maximum absolute atomic E-state index is 13.2. The highest BCUT2D eigenvalue weighted by molar-refractivity contribution is 5.90. The van der Waals surface area contributed by atoms with Gasteiger partial charge in [-0.15, -0.1) is 0 Å². The van der Waals surface area contributed by atoms with Gasteiger partial charge in [0.15, 0.2) is 6.29 Å². The van der Waals surface area contributed by atoms with Crippen molar-refractivity contribution in [2.24, 2.45) is 0 Å². The Morgan fingerprint density at radius 2 is 2.07 bits per heavy atom. The first-order valence-electron chi connectivity index (χ1n) is 4.24. The Labute approximate surface area is 80.4 Å². The number of aromatic nitrogens is 1. The third-order valence-corrected chi connectivity index (χ3v) is 2.27. The van der Waals surface area contributed by atoms with Crippen molar-refractivity contribution in [1.82, 2.24) is 4.98 Å². The summed E-state index contributed by atoms with van der Waals surface area (Å²) >= 11 is 0. The molecule has 1 heterocycles. The maximum Gasteiger partial charge on any atom is 0.224 e. The summed E-state index contributed by atoms with van der Waals surface area (Å²) < 4.78 is 13.2. The molecule has 3 heteroatoms. The summed E-state index contributed by atoms with van der Waals surface area (Å²) in [6.45, 7) is 1.72. The topological polar surface area (TPSA) is 30.0 Å². The summed E-state index contributed by atoms with van der Waals surface area (Å²) in [7, 11) is 0. The Bertz CT molecular complexity index is 508. The average Bonchev–Trinajstić information content (AvgIpc) is 2.18. The molecule has 0 aliphatic carbocycles. The fourth-order valence-electron chi connectivity index (χ4n) is 1.49. The summed E-state index contributed by atoms with van der Waals surface area (Å²) in [5.41, 5.74) is 1.26. The second-order valence-electron chi connectivity index (χ2n) is 3.08. The highest BCUT2D eigenvalue weighted by Gasteiger charge is 2.09. The van der Waals surface area contributed by atoms with Gasteiger partial charge < -0.3 is 0 Å². The van der Waals surface area contributed by atoms with Crippen molar-refractivity contribution in [3.05, 3.63) is 41.3 Å². The third kappa shape index (κ3) is 1.18. The molecule has 0 unspecified atom stereocenters. The molecule has 2 rings (SSSR count). The van der Waals surface area contributed by atoms with Crippen LogP contribution in [0.25, 0.3) is 10.9 Å². The summed E-state index contributed by atoms with van der Waals surface area (Å²) in [6.07, 6.45) is 0.504. The molecule has 1 aromatic heterocycles. The molecule has 1 aromatic carbocycles. The van der Waals surface area contributed by atoms with Crippen LogP contribution in [0.1, 0.15) is 15.9 Å². The van der Waals surface area contributed by atoms with Crippen molar-refractivity contribution in [3.63, 3.8) is 0 Å². The molecule has 0 atom stereocenters. The van der Waals surface area contributed by atoms with Gasteiger partial charge in [-0.3, -0.25) is 4.79 Å². The predicted molar refractivity (Wildman–Crippen MR) is 51.8 cm³/mol. The van der Waals surface area contributed by atoms with Crippen LogP contribution in [0.5, 0.6) is 0 Å². The Kier molecular flexibility index (Phi) is 2.00. The van der Waals surface area contributed by atoms with E-state index >= 15 is 0 Å². The molecule has 0 saturated heterocycles. The van der Waals surface area contributed by atoms with Gasteiger partial charge in [-0.25, -0.2) is 4.98 Å². The Balaban J connectivity index is 2.92. The number of aryl methyl sites for hydroxylation is 1. The molecular weight excluding hydrogens is 181 g/mol. The summed E-state index contributed by atoms with van der Waals surface area (Å²) in [5, 5.41) is 0.816. The molecule has 0 aliphatic heterocycles. The number of nitrogens with zero attached hydrogens (tertiary/aromatic N) is 1. The number of fused-ring (bicyclic) bond motifs is 1. The van der Waals surface area contributed by atoms with Crippen LogP contribution in [0.4, 0.5) is 4.39 Å². The first kappa shape index (κ1) is 8.81. The van der Waals surface area contributed by atoms with Gasteiger partial charge in [0.2, 0.25) is 5.95 Å². The van der Waals surface area contributed by atoms with E-state index in [2.05, 4.69) is 4.98 Å². The zero-order chi connectivity index (χ0) is 10.1. The molecule has 0 radical (unpaired) electrons. The highest BCUT2D eigenvalue weighted by Crippen LogP contribution is 2.20. The lowest BCUT2D eigenvalue weighted by Crippen LogP contribution is -1.97. The molecule has 0 saturated carbocycles. The number of hydrogen-bond donors (Lipinski definition) is 0. The molecule has 0 amide bonds. The maximum atomic E-state index is 13.2. The number of carbonyl (C=O) groups excluding carboxylic acids is 1. The normalized spacial score (nSPS) is 10.4. The molecule has 0 aliphatic rings. The van der Waals surface area contributed by atoms with E-state index in [0.29, 0.717) is 17.4 Å². The molecule has 0 spiro atoms. The lowest BCUT2D eigenvalue weighted by atomic mass is 10.1. The van der Waals surface area contributed by atoms with Crippen LogP contribution in [0.3, 0.4) is 0 Å². The predicted octanol–water partition coefficient (Wildman–Crippen LogP) is 2.49. The molecule has 14 heavy (non-hydrogen) atoms. The van der Waals surface area contributed by atoms with Crippen molar-refractivity contribution >= 4 is 17.2 Å². The zero-order valence-corrected chi connectivity index (χ0v) is 7.62. The number of rotatable bonds is 1. The minimum Gasteiger partial charge on any atom is -0.298 e. The van der Waals surface area contributed by atoms with E-state index < -0.39 is 5.95 Å². The smallest absolute Gasteiger partial charge is 0.224 e. The standard InChI is InChI=1S/C11H8FNO/c1-7-8-4-2-3-5-10(8)13-11(12)9(7)6-14/h2-6H,1H3. The van der Waals surface area contributed by atoms with Crippen LogP contribution in [-0.4, -0.2) is 11.3 Å². The van der Waals surface area contributed by atoms with Crippen LogP contribution >= 0.6 is 0 Å². The Morgan fingerprint density at radius 1 is 1.36 bits per heavy atom. The van der Waals surface area contributed by atoms with E-state index in [4.69, 9.17) is 0 Å². The van der Waals surface area contributed by atoms with Gasteiger partial charge in [0, 0.05) is 5.39 Å². The van der Waals surface area contributed by atoms with Crippen molar-refractivity contribution < 1.29 is 9.18 Å². The van der Waals surface area contributed by atoms with Crippen LogP contribution in [0.2, 0.25) is 0 Å². The Hall–Kier alpha value is -1.77. The van der Waals surface area contributed by atoms with Gasteiger partial charge in [0.05, 0.1) is 11.1 Å². The molecule has 0 N–H and O–H groups in total. The second kappa shape index (κ2) is 3.18. The minimum atomic E-state index is -0.698. The van der Waals surface area contributed by atoms with Gasteiger partial charge in [-0.05, 0) is 18.6 Å². The van der Waals surface area contributed by atoms with Gasteiger partial charge in [0.1, 0.15) is 0 Å². The molecule has 70 valence electrons. The van der Waals surface area contributed by atoms with E-state index in [1.807, 2.05) is 12.1 Å². The van der Waals surface area contributed by atoms with E-state index in [1.54, 1.807) is 19.1 Å². The van der Waals surface area contributed by atoms with Crippen molar-refractivity contribution in [3.8, 4) is 0 Å². The first-order valence-corrected chi connectivity index (χ1v) is 4.24. The zero-order valence-electron chi connectivity index (χ0n) is 7.62. The highest BCUT2D eigenvalue weighted by atomic mass is 19.1. The largest absolute Gasteiger partial charge is 0.298 e. The van der Waals surface area contributed by atoms with E-state index in [9.17, 15) is 9.18 Å². The van der Waals surface area contributed by atoms with E-state index in [-0.39, 0.29) is 5.56 Å². The van der Waals surface area contributed by atoms with Gasteiger partial charge in [-0.2, -0.15) is 4.39 Å². The second-order valence-corrected chi connectivity index (χ2v) is 3.08. The van der Waals surface area contributed by atoms with Crippen molar-refractivity contribution in [1.29, 1.82) is 0 Å². The molecular formula is C11H8FNO. The minimum absolute atomic E-state index is 0.0451. The number of hydrogen-bond acceptors (Lipinski definition) is 2. The van der Waals surface area contributed by atoms with Crippen molar-refractivity contribution in [2.45, 2.75) is 6.92 Å². The lowest BCUT2D eigenvalue weighted by Gasteiger charge is -2.04. The van der Waals surface area contributed by atoms with Gasteiger partial charge in [-0.1, -0.05) is 18.2 Å². The summed E-state index contributed by atoms with van der Waals surface area (Å²) in [5.74, 6) is -0.698.